The van der Waals surface area contributed by atoms with Crippen LogP contribution in [0, 0.1) is 5.92 Å². The number of benzene rings is 1. The lowest BCUT2D eigenvalue weighted by Gasteiger charge is -2.19. The first-order chi connectivity index (χ1) is 12.2. The van der Waals surface area contributed by atoms with Crippen LogP contribution < -0.4 is 11.1 Å². The summed E-state index contributed by atoms with van der Waals surface area (Å²) < 4.78 is 1.88. The van der Waals surface area contributed by atoms with Crippen molar-refractivity contribution in [2.45, 2.75) is 46.4 Å². The molecule has 0 amide bonds. The lowest BCUT2D eigenvalue weighted by Crippen LogP contribution is -2.24. The van der Waals surface area contributed by atoms with Gasteiger partial charge in [-0.1, -0.05) is 26.0 Å². The first-order valence-electron chi connectivity index (χ1n) is 8.73. The standard InChI is InChI=1S/C19H26N6O/c1-11(2)18(26)23-13-8-6-12(7-9-13)15-14-16(20)21-10-22-17(14)25(24-15)19(3,4)5/h6-11,18,23,26H,1-5H3,(H2,20,21,22). The van der Waals surface area contributed by atoms with Gasteiger partial charge in [0.05, 0.1) is 10.9 Å². The van der Waals surface area contributed by atoms with Gasteiger partial charge < -0.3 is 16.2 Å². The van der Waals surface area contributed by atoms with Crippen molar-refractivity contribution in [3.05, 3.63) is 30.6 Å². The molecule has 0 aliphatic rings. The highest BCUT2D eigenvalue weighted by atomic mass is 16.3. The summed E-state index contributed by atoms with van der Waals surface area (Å²) in [6.07, 6.45) is 0.872. The molecule has 0 saturated heterocycles. The molecule has 7 nitrogen and oxygen atoms in total. The van der Waals surface area contributed by atoms with Crippen molar-refractivity contribution in [3.8, 4) is 11.3 Å². The van der Waals surface area contributed by atoms with Gasteiger partial charge in [0.25, 0.3) is 0 Å². The number of nitrogens with two attached hydrogens (primary N) is 1. The van der Waals surface area contributed by atoms with Crippen LogP contribution in [0.3, 0.4) is 0 Å². The van der Waals surface area contributed by atoms with E-state index in [2.05, 4.69) is 36.1 Å². The molecule has 2 aromatic heterocycles. The summed E-state index contributed by atoms with van der Waals surface area (Å²) in [5.41, 5.74) is 9.13. The Morgan fingerprint density at radius 3 is 2.35 bits per heavy atom. The average Bonchev–Trinajstić information content (AvgIpc) is 2.96. The zero-order chi connectivity index (χ0) is 19.1. The van der Waals surface area contributed by atoms with E-state index in [4.69, 9.17) is 10.8 Å². The number of aliphatic hydroxyl groups is 1. The molecule has 26 heavy (non-hydrogen) atoms. The molecule has 1 aromatic carbocycles. The quantitative estimate of drug-likeness (QED) is 0.622. The highest BCUT2D eigenvalue weighted by Gasteiger charge is 2.23. The maximum atomic E-state index is 9.98. The summed E-state index contributed by atoms with van der Waals surface area (Å²) in [5.74, 6) is 0.538. The molecule has 138 valence electrons. The molecule has 0 aliphatic heterocycles. The number of nitrogen functional groups attached to an aromatic ring is 1. The minimum atomic E-state index is -0.592. The summed E-state index contributed by atoms with van der Waals surface area (Å²) in [5, 5.41) is 18.6. The van der Waals surface area contributed by atoms with Gasteiger partial charge in [0.2, 0.25) is 0 Å². The van der Waals surface area contributed by atoms with Crippen LogP contribution in [0.25, 0.3) is 22.3 Å². The van der Waals surface area contributed by atoms with E-state index in [0.29, 0.717) is 5.82 Å². The summed E-state index contributed by atoms with van der Waals surface area (Å²) in [7, 11) is 0. The number of fused-ring (bicyclic) bond motifs is 1. The van der Waals surface area contributed by atoms with Crippen LogP contribution in [-0.2, 0) is 5.54 Å². The Labute approximate surface area is 153 Å². The first-order valence-corrected chi connectivity index (χ1v) is 8.73. The van der Waals surface area contributed by atoms with Gasteiger partial charge in [0.1, 0.15) is 24.1 Å². The zero-order valence-corrected chi connectivity index (χ0v) is 15.9. The normalized spacial score (nSPS) is 13.3. The number of aliphatic hydroxyl groups excluding tert-OH is 1. The third-order valence-electron chi connectivity index (χ3n) is 4.23. The van der Waals surface area contributed by atoms with Gasteiger partial charge >= 0.3 is 0 Å². The van der Waals surface area contributed by atoms with Gasteiger partial charge in [0, 0.05) is 11.3 Å². The maximum Gasteiger partial charge on any atom is 0.164 e. The Morgan fingerprint density at radius 2 is 1.77 bits per heavy atom. The molecule has 3 rings (SSSR count). The lowest BCUT2D eigenvalue weighted by atomic mass is 10.1. The van der Waals surface area contributed by atoms with Crippen molar-refractivity contribution in [1.82, 2.24) is 19.7 Å². The number of nitrogens with zero attached hydrogens (tertiary/aromatic N) is 4. The van der Waals surface area contributed by atoms with Crippen LogP contribution >= 0.6 is 0 Å². The molecule has 0 fully saturated rings. The minimum absolute atomic E-state index is 0.123. The fourth-order valence-electron chi connectivity index (χ4n) is 2.71. The van der Waals surface area contributed by atoms with Crippen molar-refractivity contribution in [3.63, 3.8) is 0 Å². The van der Waals surface area contributed by atoms with Gasteiger partial charge in [-0.15, -0.1) is 0 Å². The van der Waals surface area contributed by atoms with E-state index in [0.717, 1.165) is 28.0 Å². The number of anilines is 2. The van der Waals surface area contributed by atoms with E-state index in [1.54, 1.807) is 0 Å². The first kappa shape index (κ1) is 18.1. The molecular formula is C19H26N6O. The van der Waals surface area contributed by atoms with E-state index in [9.17, 15) is 5.11 Å². The molecule has 3 aromatic rings. The van der Waals surface area contributed by atoms with E-state index in [1.165, 1.54) is 6.33 Å². The van der Waals surface area contributed by atoms with Crippen molar-refractivity contribution in [2.75, 3.05) is 11.1 Å². The number of hydrogen-bond donors (Lipinski definition) is 3. The average molecular weight is 354 g/mol. The van der Waals surface area contributed by atoms with E-state index < -0.39 is 6.23 Å². The molecule has 4 N–H and O–H groups in total. The number of rotatable bonds is 4. The highest BCUT2D eigenvalue weighted by Crippen LogP contribution is 2.33. The minimum Gasteiger partial charge on any atom is -0.383 e. The predicted molar refractivity (Wildman–Crippen MR) is 105 cm³/mol. The van der Waals surface area contributed by atoms with Gasteiger partial charge in [-0.2, -0.15) is 5.10 Å². The third kappa shape index (κ3) is 3.35. The summed E-state index contributed by atoms with van der Waals surface area (Å²) >= 11 is 0. The van der Waals surface area contributed by atoms with Crippen LogP contribution in [-0.4, -0.2) is 31.1 Å². The van der Waals surface area contributed by atoms with Crippen LogP contribution in [0.2, 0.25) is 0 Å². The number of hydrogen-bond acceptors (Lipinski definition) is 6. The molecule has 1 atom stereocenters. The lowest BCUT2D eigenvalue weighted by molar-refractivity contribution is 0.153. The Balaban J connectivity index is 2.06. The van der Waals surface area contributed by atoms with Crippen molar-refractivity contribution < 1.29 is 5.11 Å². The zero-order valence-electron chi connectivity index (χ0n) is 15.9. The van der Waals surface area contributed by atoms with E-state index in [-0.39, 0.29) is 11.5 Å². The molecule has 0 spiro atoms. The van der Waals surface area contributed by atoms with Gasteiger partial charge in [-0.05, 0) is 38.8 Å². The molecule has 0 saturated carbocycles. The highest BCUT2D eigenvalue weighted by molar-refractivity contribution is 5.98. The summed E-state index contributed by atoms with van der Waals surface area (Å²) in [6, 6.07) is 7.75. The smallest absolute Gasteiger partial charge is 0.164 e. The monoisotopic (exact) mass is 354 g/mol. The van der Waals surface area contributed by atoms with Crippen molar-refractivity contribution in [2.24, 2.45) is 5.92 Å². The second-order valence-electron chi connectivity index (χ2n) is 7.80. The molecular weight excluding hydrogens is 328 g/mol. The maximum absolute atomic E-state index is 9.98. The Kier molecular flexibility index (Phi) is 4.58. The predicted octanol–water partition coefficient (Wildman–Crippen LogP) is 3.22. The van der Waals surface area contributed by atoms with Crippen molar-refractivity contribution >= 4 is 22.5 Å². The Hall–Kier alpha value is -2.67. The number of nitrogens with one attached hydrogen (secondary N) is 1. The Bertz CT molecular complexity index is 908. The molecule has 0 bridgehead atoms. The third-order valence-corrected chi connectivity index (χ3v) is 4.23. The van der Waals surface area contributed by atoms with Crippen LogP contribution in [0.1, 0.15) is 34.6 Å². The van der Waals surface area contributed by atoms with Crippen molar-refractivity contribution in [1.29, 1.82) is 0 Å². The number of aromatic nitrogens is 4. The SMILES string of the molecule is CC(C)C(O)Nc1ccc(-c2nn(C(C)(C)C)c3ncnc(N)c23)cc1. The largest absolute Gasteiger partial charge is 0.383 e. The topological polar surface area (TPSA) is 102 Å². The Morgan fingerprint density at radius 1 is 1.12 bits per heavy atom. The van der Waals surface area contributed by atoms with Crippen LogP contribution in [0.5, 0.6) is 0 Å². The fourth-order valence-corrected chi connectivity index (χ4v) is 2.71. The van der Waals surface area contributed by atoms with E-state index >= 15 is 0 Å². The second kappa shape index (κ2) is 6.57. The fraction of sp³-hybridized carbons (Fsp3) is 0.421. The van der Waals surface area contributed by atoms with Crippen LogP contribution in [0.15, 0.2) is 30.6 Å². The molecule has 0 radical (unpaired) electrons. The van der Waals surface area contributed by atoms with E-state index in [1.807, 2.05) is 42.8 Å². The summed E-state index contributed by atoms with van der Waals surface area (Å²) in [6.45, 7) is 10.1. The van der Waals surface area contributed by atoms with Gasteiger partial charge in [0.15, 0.2) is 5.65 Å². The second-order valence-corrected chi connectivity index (χ2v) is 7.80. The molecule has 1 unspecified atom stereocenters. The summed E-state index contributed by atoms with van der Waals surface area (Å²) in [4.78, 5) is 8.53. The molecule has 0 aliphatic carbocycles. The van der Waals surface area contributed by atoms with Crippen LogP contribution in [0.4, 0.5) is 11.5 Å². The van der Waals surface area contributed by atoms with Gasteiger partial charge in [-0.25, -0.2) is 14.6 Å². The molecule has 7 heteroatoms. The molecule has 2 heterocycles. The van der Waals surface area contributed by atoms with Gasteiger partial charge in [-0.3, -0.25) is 0 Å².